The zero-order valence-electron chi connectivity index (χ0n) is 28.8. The summed E-state index contributed by atoms with van der Waals surface area (Å²) in [6.07, 6.45) is 6.36. The summed E-state index contributed by atoms with van der Waals surface area (Å²) in [4.78, 5) is 6.92. The third-order valence-electron chi connectivity index (χ3n) is 9.22. The molecule has 0 aliphatic carbocycles. The summed E-state index contributed by atoms with van der Waals surface area (Å²) < 4.78 is 42.0. The highest BCUT2D eigenvalue weighted by Crippen LogP contribution is 2.38. The Balaban J connectivity index is 1.41. The summed E-state index contributed by atoms with van der Waals surface area (Å²) in [5, 5.41) is 26.7. The molecule has 11 nitrogen and oxygen atoms in total. The van der Waals surface area contributed by atoms with E-state index in [4.69, 9.17) is 23.2 Å². The standard InChI is InChI=1S/C36H38Cl2FN9O2S/c1-36(2,3)47-13-11-26(12-14-47)48-21-32(44-45-48)34(22-7-6-8-27(15-22)46(4)51(5,49)50)43-25-16-28-33(42-24-9-10-31(39)29(37)17-24)23(19-40)20-41-35(28)30(38)18-25/h6-10,15-18,20-21,26,34,43H,11-14H2,1-5H3,(H,41,42). The van der Waals surface area contributed by atoms with Gasteiger partial charge in [-0.2, -0.15) is 5.26 Å². The zero-order chi connectivity index (χ0) is 36.7. The van der Waals surface area contributed by atoms with E-state index in [9.17, 15) is 18.1 Å². The molecule has 1 aliphatic heterocycles. The van der Waals surface area contributed by atoms with Gasteiger partial charge in [0.1, 0.15) is 17.6 Å². The molecule has 1 atom stereocenters. The van der Waals surface area contributed by atoms with E-state index >= 15 is 0 Å². The SMILES string of the molecule is CN(c1cccc(C(Nc2cc(Cl)c3ncc(C#N)c(Nc4ccc(F)c(Cl)c4)c3c2)c2cn(C3CCN(C(C)(C)C)CC3)nn2)c1)S(C)(=O)=O. The van der Waals surface area contributed by atoms with Crippen molar-refractivity contribution < 1.29 is 12.8 Å². The Morgan fingerprint density at radius 2 is 1.78 bits per heavy atom. The molecule has 6 rings (SSSR count). The average molecular weight is 751 g/mol. The van der Waals surface area contributed by atoms with Gasteiger partial charge in [-0.3, -0.25) is 14.2 Å². The molecule has 0 bridgehead atoms. The third kappa shape index (κ3) is 7.89. The smallest absolute Gasteiger partial charge is 0.231 e. The molecule has 5 aromatic rings. The van der Waals surface area contributed by atoms with E-state index in [0.717, 1.165) is 37.8 Å². The van der Waals surface area contributed by atoms with E-state index in [2.05, 4.69) is 57.7 Å². The zero-order valence-corrected chi connectivity index (χ0v) is 31.2. The number of anilines is 4. The van der Waals surface area contributed by atoms with Crippen LogP contribution in [0.3, 0.4) is 0 Å². The number of piperidine rings is 1. The number of rotatable bonds is 9. The van der Waals surface area contributed by atoms with Crippen molar-refractivity contribution in [1.82, 2.24) is 24.9 Å². The first-order chi connectivity index (χ1) is 24.1. The summed E-state index contributed by atoms with van der Waals surface area (Å²) in [6.45, 7) is 8.56. The first-order valence-corrected chi connectivity index (χ1v) is 18.9. The highest BCUT2D eigenvalue weighted by atomic mass is 35.5. The molecule has 3 aromatic carbocycles. The summed E-state index contributed by atoms with van der Waals surface area (Å²) in [5.74, 6) is -0.568. The van der Waals surface area contributed by atoms with Crippen LogP contribution >= 0.6 is 23.2 Å². The summed E-state index contributed by atoms with van der Waals surface area (Å²) in [7, 11) is -2.03. The number of nitrogens with one attached hydrogen (secondary N) is 2. The van der Waals surface area contributed by atoms with Gasteiger partial charge in [0.2, 0.25) is 10.0 Å². The molecule has 0 amide bonds. The highest BCUT2D eigenvalue weighted by Gasteiger charge is 2.29. The number of aromatic nitrogens is 4. The van der Waals surface area contributed by atoms with E-state index in [0.29, 0.717) is 44.4 Å². The van der Waals surface area contributed by atoms with Gasteiger partial charge >= 0.3 is 0 Å². The molecule has 1 aliphatic rings. The van der Waals surface area contributed by atoms with Gasteiger partial charge in [0, 0.05) is 48.6 Å². The monoisotopic (exact) mass is 749 g/mol. The van der Waals surface area contributed by atoms with E-state index in [1.165, 1.54) is 35.7 Å². The number of benzene rings is 3. The molecule has 2 N–H and O–H groups in total. The van der Waals surface area contributed by atoms with Crippen LogP contribution in [0.2, 0.25) is 10.0 Å². The second-order valence-electron chi connectivity index (χ2n) is 13.7. The molecular formula is C36H38Cl2FN9O2S. The van der Waals surface area contributed by atoms with Crippen LogP contribution in [0.5, 0.6) is 0 Å². The fourth-order valence-corrected chi connectivity index (χ4v) is 7.21. The first-order valence-electron chi connectivity index (χ1n) is 16.3. The van der Waals surface area contributed by atoms with Crippen molar-refractivity contribution in [3.63, 3.8) is 0 Å². The minimum atomic E-state index is -3.53. The molecular weight excluding hydrogens is 712 g/mol. The lowest BCUT2D eigenvalue weighted by Gasteiger charge is -2.40. The minimum Gasteiger partial charge on any atom is -0.373 e. The van der Waals surface area contributed by atoms with Crippen molar-refractivity contribution in [1.29, 1.82) is 5.26 Å². The van der Waals surface area contributed by atoms with Crippen LogP contribution in [0.1, 0.15) is 62.5 Å². The average Bonchev–Trinajstić information content (AvgIpc) is 3.58. The molecule has 0 spiro atoms. The molecule has 0 radical (unpaired) electrons. The van der Waals surface area contributed by atoms with Crippen molar-refractivity contribution in [2.24, 2.45) is 0 Å². The largest absolute Gasteiger partial charge is 0.373 e. The van der Waals surface area contributed by atoms with Crippen LogP contribution in [0.15, 0.2) is 67.0 Å². The van der Waals surface area contributed by atoms with Crippen LogP contribution in [0.25, 0.3) is 10.9 Å². The van der Waals surface area contributed by atoms with Gasteiger partial charge in [-0.15, -0.1) is 5.10 Å². The van der Waals surface area contributed by atoms with Crippen LogP contribution < -0.4 is 14.9 Å². The van der Waals surface area contributed by atoms with Crippen LogP contribution in [-0.2, 0) is 10.0 Å². The maximum Gasteiger partial charge on any atom is 0.231 e. The first kappa shape index (κ1) is 36.3. The number of halogens is 3. The van der Waals surface area contributed by atoms with Crippen LogP contribution in [0.4, 0.5) is 27.1 Å². The molecule has 1 unspecified atom stereocenters. The number of fused-ring (bicyclic) bond motifs is 1. The highest BCUT2D eigenvalue weighted by molar-refractivity contribution is 7.92. The van der Waals surface area contributed by atoms with Gasteiger partial charge in [0.15, 0.2) is 0 Å². The lowest BCUT2D eigenvalue weighted by molar-refractivity contribution is 0.0866. The van der Waals surface area contributed by atoms with Crippen molar-refractivity contribution in [3.05, 3.63) is 99.7 Å². The number of nitrogens with zero attached hydrogens (tertiary/aromatic N) is 7. The predicted molar refractivity (Wildman–Crippen MR) is 201 cm³/mol. The quantitative estimate of drug-likeness (QED) is 0.154. The summed E-state index contributed by atoms with van der Waals surface area (Å²) in [5.41, 5.74) is 4.05. The third-order valence-corrected chi connectivity index (χ3v) is 11.0. The molecule has 266 valence electrons. The number of hydrogen-bond donors (Lipinski definition) is 2. The Morgan fingerprint density at radius 1 is 1.06 bits per heavy atom. The normalized spacial score (nSPS) is 15.0. The van der Waals surface area contributed by atoms with E-state index in [-0.39, 0.29) is 22.2 Å². The number of nitriles is 1. The number of sulfonamides is 1. The Kier molecular flexibility index (Phi) is 10.2. The fraction of sp³-hybridized carbons (Fsp3) is 0.333. The Labute approximate surface area is 307 Å². The Morgan fingerprint density at radius 3 is 2.45 bits per heavy atom. The van der Waals surface area contributed by atoms with E-state index in [1.54, 1.807) is 24.3 Å². The molecule has 15 heteroatoms. The topological polar surface area (TPSA) is 132 Å². The maximum absolute atomic E-state index is 13.9. The van der Waals surface area contributed by atoms with E-state index in [1.807, 2.05) is 23.0 Å². The second kappa shape index (κ2) is 14.3. The molecule has 0 saturated carbocycles. The fourth-order valence-electron chi connectivity index (χ4n) is 6.27. The minimum absolute atomic E-state index is 0.0725. The number of pyridine rings is 1. The van der Waals surface area contributed by atoms with Gasteiger partial charge in [0.25, 0.3) is 0 Å². The number of likely N-dealkylation sites (tertiary alicyclic amines) is 1. The van der Waals surface area contributed by atoms with Crippen molar-refractivity contribution >= 4 is 66.9 Å². The van der Waals surface area contributed by atoms with Crippen LogP contribution in [-0.4, -0.2) is 65.2 Å². The molecule has 51 heavy (non-hydrogen) atoms. The van der Waals surface area contributed by atoms with Crippen molar-refractivity contribution in [2.75, 3.05) is 41.3 Å². The summed E-state index contributed by atoms with van der Waals surface area (Å²) >= 11 is 12.9. The van der Waals surface area contributed by atoms with Gasteiger partial charge < -0.3 is 10.6 Å². The van der Waals surface area contributed by atoms with E-state index < -0.39 is 21.9 Å². The van der Waals surface area contributed by atoms with Gasteiger partial charge in [-0.05, 0) is 81.6 Å². The Hall–Kier alpha value is -4.48. The van der Waals surface area contributed by atoms with Gasteiger partial charge in [-0.25, -0.2) is 17.5 Å². The molecule has 2 aromatic heterocycles. The Bertz CT molecular complexity index is 2240. The molecule has 1 fully saturated rings. The molecule has 3 heterocycles. The second-order valence-corrected chi connectivity index (χ2v) is 16.5. The predicted octanol–water partition coefficient (Wildman–Crippen LogP) is 7.92. The van der Waals surface area contributed by atoms with Crippen molar-refractivity contribution in [2.45, 2.75) is 51.2 Å². The van der Waals surface area contributed by atoms with Crippen LogP contribution in [0, 0.1) is 17.1 Å². The number of hydrogen-bond acceptors (Lipinski definition) is 9. The van der Waals surface area contributed by atoms with Crippen molar-refractivity contribution in [3.8, 4) is 6.07 Å². The summed E-state index contributed by atoms with van der Waals surface area (Å²) in [6, 6.07) is 16.7. The maximum atomic E-state index is 13.9. The van der Waals surface area contributed by atoms with Gasteiger partial charge in [0.05, 0.1) is 57.0 Å². The molecule has 1 saturated heterocycles. The lowest BCUT2D eigenvalue weighted by Crippen LogP contribution is -2.46. The lowest BCUT2D eigenvalue weighted by atomic mass is 9.98. The van der Waals surface area contributed by atoms with Gasteiger partial charge in [-0.1, -0.05) is 40.5 Å².